The van der Waals surface area contributed by atoms with Gasteiger partial charge in [0, 0.05) is 12.2 Å². The van der Waals surface area contributed by atoms with E-state index in [1.807, 2.05) is 0 Å². The third-order valence-corrected chi connectivity index (χ3v) is 3.56. The average molecular weight is 351 g/mol. The van der Waals surface area contributed by atoms with Gasteiger partial charge in [-0.05, 0) is 49.7 Å². The predicted octanol–water partition coefficient (Wildman–Crippen LogP) is 3.92. The molecular formula is C18H20F3N3O. The van der Waals surface area contributed by atoms with Crippen LogP contribution in [0.2, 0.25) is 0 Å². The molecule has 4 nitrogen and oxygen atoms in total. The lowest BCUT2D eigenvalue weighted by molar-refractivity contribution is -0.137. The molecule has 0 bridgehead atoms. The van der Waals surface area contributed by atoms with Gasteiger partial charge in [0.05, 0.1) is 16.8 Å². The van der Waals surface area contributed by atoms with Crippen LogP contribution in [0.5, 0.6) is 0 Å². The maximum absolute atomic E-state index is 12.8. The second-order valence-corrected chi connectivity index (χ2v) is 5.50. The van der Waals surface area contributed by atoms with Crippen molar-refractivity contribution in [1.82, 2.24) is 5.32 Å². The van der Waals surface area contributed by atoms with Crippen molar-refractivity contribution in [3.63, 3.8) is 0 Å². The lowest BCUT2D eigenvalue weighted by Crippen LogP contribution is -2.25. The van der Waals surface area contributed by atoms with E-state index < -0.39 is 11.7 Å². The van der Waals surface area contributed by atoms with Crippen LogP contribution in [0.1, 0.15) is 28.8 Å². The summed E-state index contributed by atoms with van der Waals surface area (Å²) in [5.74, 6) is -0.285. The molecule has 0 aliphatic carbocycles. The van der Waals surface area contributed by atoms with E-state index in [-0.39, 0.29) is 11.6 Å². The number of benzene rings is 2. The van der Waals surface area contributed by atoms with E-state index in [9.17, 15) is 18.0 Å². The van der Waals surface area contributed by atoms with Gasteiger partial charge in [-0.15, -0.1) is 0 Å². The Morgan fingerprint density at radius 2 is 1.80 bits per heavy atom. The van der Waals surface area contributed by atoms with Gasteiger partial charge in [0.2, 0.25) is 0 Å². The topological polar surface area (TPSA) is 67.1 Å². The van der Waals surface area contributed by atoms with Crippen LogP contribution in [0.4, 0.5) is 24.5 Å². The number of anilines is 2. The van der Waals surface area contributed by atoms with E-state index in [0.717, 1.165) is 25.0 Å². The molecule has 0 heterocycles. The summed E-state index contributed by atoms with van der Waals surface area (Å²) in [7, 11) is 0. The smallest absolute Gasteiger partial charge is 0.355 e. The highest BCUT2D eigenvalue weighted by atomic mass is 19.4. The van der Waals surface area contributed by atoms with Crippen molar-refractivity contribution in [2.75, 3.05) is 18.4 Å². The Morgan fingerprint density at radius 3 is 2.52 bits per heavy atom. The minimum atomic E-state index is -4.42. The van der Waals surface area contributed by atoms with E-state index >= 15 is 0 Å². The number of nitrogens with one attached hydrogen (secondary N) is 2. The van der Waals surface area contributed by atoms with Crippen molar-refractivity contribution in [1.29, 1.82) is 0 Å². The minimum absolute atomic E-state index is 0.262. The molecular weight excluding hydrogens is 331 g/mol. The van der Waals surface area contributed by atoms with Gasteiger partial charge >= 0.3 is 6.18 Å². The van der Waals surface area contributed by atoms with Gasteiger partial charge < -0.3 is 16.4 Å². The second-order valence-electron chi connectivity index (χ2n) is 5.50. The summed E-state index contributed by atoms with van der Waals surface area (Å²) in [6.45, 7) is 1.05. The summed E-state index contributed by atoms with van der Waals surface area (Å²) in [5, 5.41) is 5.67. The van der Waals surface area contributed by atoms with Crippen molar-refractivity contribution < 1.29 is 18.0 Å². The largest absolute Gasteiger partial charge is 0.416 e. The summed E-state index contributed by atoms with van der Waals surface area (Å²) < 4.78 is 38.4. The van der Waals surface area contributed by atoms with Gasteiger partial charge in [-0.1, -0.05) is 18.2 Å². The number of carbonyl (C=O) groups excluding carboxylic acids is 1. The fourth-order valence-electron chi connectivity index (χ4n) is 2.29. The van der Waals surface area contributed by atoms with Gasteiger partial charge in [0.15, 0.2) is 0 Å². The number of halogens is 3. The lowest BCUT2D eigenvalue weighted by atomic mass is 10.1. The molecule has 1 amide bonds. The van der Waals surface area contributed by atoms with Gasteiger partial charge in [-0.25, -0.2) is 0 Å². The third-order valence-electron chi connectivity index (χ3n) is 3.56. The Labute approximate surface area is 144 Å². The average Bonchev–Trinajstić information content (AvgIpc) is 2.58. The quantitative estimate of drug-likeness (QED) is 0.663. The van der Waals surface area contributed by atoms with Gasteiger partial charge in [-0.2, -0.15) is 13.2 Å². The van der Waals surface area contributed by atoms with Crippen LogP contribution in [-0.4, -0.2) is 19.0 Å². The van der Waals surface area contributed by atoms with Crippen LogP contribution >= 0.6 is 0 Å². The Kier molecular flexibility index (Phi) is 6.41. The SMILES string of the molecule is NCCCCNC(=O)c1ccccc1Nc1cccc(C(F)(F)F)c1. The fourth-order valence-corrected chi connectivity index (χ4v) is 2.29. The second kappa shape index (κ2) is 8.53. The number of para-hydroxylation sites is 1. The Bertz CT molecular complexity index is 717. The Balaban J connectivity index is 2.14. The zero-order valence-electron chi connectivity index (χ0n) is 13.6. The highest BCUT2D eigenvalue weighted by molar-refractivity contribution is 6.00. The number of nitrogens with two attached hydrogens (primary N) is 1. The van der Waals surface area contributed by atoms with Crippen molar-refractivity contribution >= 4 is 17.3 Å². The molecule has 0 radical (unpaired) electrons. The molecule has 0 spiro atoms. The predicted molar refractivity (Wildman–Crippen MR) is 91.8 cm³/mol. The van der Waals surface area contributed by atoms with E-state index in [1.165, 1.54) is 12.1 Å². The first-order valence-electron chi connectivity index (χ1n) is 7.93. The first kappa shape index (κ1) is 18.8. The molecule has 0 saturated heterocycles. The van der Waals surface area contributed by atoms with Crippen molar-refractivity contribution in [2.24, 2.45) is 5.73 Å². The molecule has 25 heavy (non-hydrogen) atoms. The third kappa shape index (κ3) is 5.49. The van der Waals surface area contributed by atoms with Gasteiger partial charge in [0.1, 0.15) is 0 Å². The summed E-state index contributed by atoms with van der Waals surface area (Å²) >= 11 is 0. The highest BCUT2D eigenvalue weighted by Gasteiger charge is 2.30. The van der Waals surface area contributed by atoms with E-state index in [2.05, 4.69) is 10.6 Å². The minimum Gasteiger partial charge on any atom is -0.355 e. The number of rotatable bonds is 7. The number of hydrogen-bond donors (Lipinski definition) is 3. The summed E-state index contributed by atoms with van der Waals surface area (Å²) in [6.07, 6.45) is -2.84. The lowest BCUT2D eigenvalue weighted by Gasteiger charge is -2.14. The molecule has 4 N–H and O–H groups in total. The maximum Gasteiger partial charge on any atom is 0.416 e. The molecule has 7 heteroatoms. The number of carbonyl (C=O) groups is 1. The molecule has 2 aromatic carbocycles. The maximum atomic E-state index is 12.8. The zero-order chi connectivity index (χ0) is 18.3. The van der Waals surface area contributed by atoms with E-state index in [1.54, 1.807) is 24.3 Å². The molecule has 0 atom stereocenters. The fraction of sp³-hybridized carbons (Fsp3) is 0.278. The molecule has 0 fully saturated rings. The summed E-state index contributed by atoms with van der Waals surface area (Å²) in [4.78, 5) is 12.3. The molecule has 0 unspecified atom stereocenters. The number of hydrogen-bond acceptors (Lipinski definition) is 3. The normalized spacial score (nSPS) is 11.2. The first-order valence-corrected chi connectivity index (χ1v) is 7.93. The standard InChI is InChI=1S/C18H20F3N3O/c19-18(20,21)13-6-5-7-14(12-13)24-16-9-2-1-8-15(16)17(25)23-11-4-3-10-22/h1-2,5-9,12,24H,3-4,10-11,22H2,(H,23,25). The number of amides is 1. The van der Waals surface area contributed by atoms with Gasteiger partial charge in [-0.3, -0.25) is 4.79 Å². The molecule has 2 rings (SSSR count). The van der Waals surface area contributed by atoms with Crippen molar-refractivity contribution in [3.8, 4) is 0 Å². The molecule has 0 aliphatic heterocycles. The van der Waals surface area contributed by atoms with Crippen LogP contribution < -0.4 is 16.4 Å². The van der Waals surface area contributed by atoms with Crippen LogP contribution in [0.3, 0.4) is 0 Å². The molecule has 0 aliphatic rings. The Hall–Kier alpha value is -2.54. The van der Waals surface area contributed by atoms with Crippen LogP contribution in [0.25, 0.3) is 0 Å². The Morgan fingerprint density at radius 1 is 1.04 bits per heavy atom. The van der Waals surface area contributed by atoms with Crippen LogP contribution in [0.15, 0.2) is 48.5 Å². The number of alkyl halides is 3. The molecule has 0 saturated carbocycles. The van der Waals surface area contributed by atoms with Crippen LogP contribution in [0, 0.1) is 0 Å². The summed E-state index contributed by atoms with van der Waals surface area (Å²) in [6, 6.07) is 11.5. The van der Waals surface area contributed by atoms with E-state index in [0.29, 0.717) is 24.3 Å². The molecule has 0 aromatic heterocycles. The highest BCUT2D eigenvalue weighted by Crippen LogP contribution is 2.31. The van der Waals surface area contributed by atoms with Crippen molar-refractivity contribution in [2.45, 2.75) is 19.0 Å². The van der Waals surface area contributed by atoms with E-state index in [4.69, 9.17) is 5.73 Å². The van der Waals surface area contributed by atoms with Crippen molar-refractivity contribution in [3.05, 3.63) is 59.7 Å². The molecule has 2 aromatic rings. The van der Waals surface area contributed by atoms with Crippen LogP contribution in [-0.2, 0) is 6.18 Å². The van der Waals surface area contributed by atoms with Gasteiger partial charge in [0.25, 0.3) is 5.91 Å². The summed E-state index contributed by atoms with van der Waals surface area (Å²) in [5.41, 5.74) is 5.73. The first-order chi connectivity index (χ1) is 11.9. The molecule has 134 valence electrons. The number of unbranched alkanes of at least 4 members (excludes halogenated alkanes) is 1. The monoisotopic (exact) mass is 351 g/mol. The zero-order valence-corrected chi connectivity index (χ0v) is 13.6.